The summed E-state index contributed by atoms with van der Waals surface area (Å²) in [6.07, 6.45) is 3.74. The second-order valence-corrected chi connectivity index (χ2v) is 10.4. The van der Waals surface area contributed by atoms with Gasteiger partial charge in [0.25, 0.3) is 5.56 Å². The van der Waals surface area contributed by atoms with Crippen molar-refractivity contribution in [1.29, 1.82) is 0 Å². The lowest BCUT2D eigenvalue weighted by Gasteiger charge is -2.38. The molecule has 1 unspecified atom stereocenters. The Labute approximate surface area is 222 Å². The fourth-order valence-corrected chi connectivity index (χ4v) is 5.43. The quantitative estimate of drug-likeness (QED) is 0.296. The molecule has 0 bridgehead atoms. The van der Waals surface area contributed by atoms with Gasteiger partial charge in [0.1, 0.15) is 5.54 Å². The lowest BCUT2D eigenvalue weighted by atomic mass is 9.78. The summed E-state index contributed by atoms with van der Waals surface area (Å²) in [6.45, 7) is 6.35. The standard InChI is InChI=1S/C31H31ClN4O/c1-20(2)34-31(29-18-33-19-35(29)4,23-9-12-25(32)13-10-23)24-11-14-28-27(16-24)26(17-30(37)36(28)5)22-8-6-7-21(3)15-22/h6-20,34H,1-5H3. The van der Waals surface area contributed by atoms with Crippen LogP contribution in [0.4, 0.5) is 0 Å². The van der Waals surface area contributed by atoms with E-state index in [9.17, 15) is 4.79 Å². The zero-order valence-electron chi connectivity index (χ0n) is 21.8. The van der Waals surface area contributed by atoms with Crippen molar-refractivity contribution < 1.29 is 0 Å². The first-order valence-corrected chi connectivity index (χ1v) is 12.8. The number of hydrogen-bond acceptors (Lipinski definition) is 3. The SMILES string of the molecule is Cc1cccc(-c2cc(=O)n(C)c3ccc(C(NC(C)C)(c4ccc(Cl)cc4)c4cncn4C)cc23)c1. The van der Waals surface area contributed by atoms with Crippen LogP contribution in [0.3, 0.4) is 0 Å². The predicted molar refractivity (Wildman–Crippen MR) is 152 cm³/mol. The normalized spacial score (nSPS) is 13.3. The summed E-state index contributed by atoms with van der Waals surface area (Å²) >= 11 is 6.31. The average molecular weight is 511 g/mol. The highest BCUT2D eigenvalue weighted by Crippen LogP contribution is 2.40. The molecule has 5 nitrogen and oxygen atoms in total. The topological polar surface area (TPSA) is 51.9 Å². The molecule has 6 heteroatoms. The Hall–Kier alpha value is -3.67. The van der Waals surface area contributed by atoms with E-state index >= 15 is 0 Å². The molecule has 0 saturated heterocycles. The van der Waals surface area contributed by atoms with Gasteiger partial charge in [-0.1, -0.05) is 59.6 Å². The third kappa shape index (κ3) is 4.39. The Morgan fingerprint density at radius 2 is 1.68 bits per heavy atom. The van der Waals surface area contributed by atoms with Crippen molar-refractivity contribution in [3.05, 3.63) is 123 Å². The van der Waals surface area contributed by atoms with E-state index in [2.05, 4.69) is 84.2 Å². The summed E-state index contributed by atoms with van der Waals surface area (Å²) in [5, 5.41) is 5.57. The summed E-state index contributed by atoms with van der Waals surface area (Å²) in [5.74, 6) is 0. The van der Waals surface area contributed by atoms with E-state index in [-0.39, 0.29) is 11.6 Å². The molecule has 0 spiro atoms. The van der Waals surface area contributed by atoms with Gasteiger partial charge >= 0.3 is 0 Å². The van der Waals surface area contributed by atoms with Crippen molar-refractivity contribution in [2.75, 3.05) is 0 Å². The van der Waals surface area contributed by atoms with Crippen molar-refractivity contribution in [1.82, 2.24) is 19.4 Å². The maximum Gasteiger partial charge on any atom is 0.251 e. The molecule has 0 aliphatic carbocycles. The lowest BCUT2D eigenvalue weighted by molar-refractivity contribution is 0.406. The second-order valence-electron chi connectivity index (χ2n) is 10.0. The Balaban J connectivity index is 1.89. The first-order chi connectivity index (χ1) is 17.7. The molecule has 1 N–H and O–H groups in total. The Morgan fingerprint density at radius 1 is 0.946 bits per heavy atom. The second kappa shape index (κ2) is 9.66. The van der Waals surface area contributed by atoms with Crippen LogP contribution < -0.4 is 10.9 Å². The molecule has 0 saturated carbocycles. The van der Waals surface area contributed by atoms with Gasteiger partial charge in [-0.15, -0.1) is 0 Å². The monoisotopic (exact) mass is 510 g/mol. The summed E-state index contributed by atoms with van der Waals surface area (Å²) in [5.41, 5.74) is 6.33. The zero-order chi connectivity index (χ0) is 26.3. The van der Waals surface area contributed by atoms with Crippen LogP contribution in [-0.4, -0.2) is 20.2 Å². The molecule has 0 aliphatic rings. The van der Waals surface area contributed by atoms with Crippen molar-refractivity contribution >= 4 is 22.5 Å². The largest absolute Gasteiger partial charge is 0.335 e. The molecule has 0 fully saturated rings. The van der Waals surface area contributed by atoms with Gasteiger partial charge in [0.15, 0.2) is 0 Å². The van der Waals surface area contributed by atoms with Gasteiger partial charge in [0, 0.05) is 36.6 Å². The predicted octanol–water partition coefficient (Wildman–Crippen LogP) is 6.19. The number of rotatable bonds is 6. The minimum Gasteiger partial charge on any atom is -0.335 e. The van der Waals surface area contributed by atoms with Crippen LogP contribution in [-0.2, 0) is 19.6 Å². The van der Waals surface area contributed by atoms with Crippen molar-refractivity contribution in [2.24, 2.45) is 14.1 Å². The van der Waals surface area contributed by atoms with Gasteiger partial charge in [-0.25, -0.2) is 4.98 Å². The van der Waals surface area contributed by atoms with Gasteiger partial charge in [0.2, 0.25) is 0 Å². The molecule has 5 aromatic rings. The molecule has 2 aromatic heterocycles. The molecule has 0 amide bonds. The lowest BCUT2D eigenvalue weighted by Crippen LogP contribution is -2.49. The number of benzene rings is 3. The van der Waals surface area contributed by atoms with Gasteiger partial charge in [-0.05, 0) is 67.3 Å². The van der Waals surface area contributed by atoms with Crippen LogP contribution in [0.1, 0.15) is 36.2 Å². The number of aromatic nitrogens is 3. The van der Waals surface area contributed by atoms with Gasteiger partial charge in [-0.2, -0.15) is 0 Å². The average Bonchev–Trinajstić information content (AvgIpc) is 3.31. The molecule has 2 heterocycles. The van der Waals surface area contributed by atoms with Crippen LogP contribution in [0.15, 0.2) is 90.1 Å². The van der Waals surface area contributed by atoms with Crippen LogP contribution in [0, 0.1) is 6.92 Å². The Kier molecular flexibility index (Phi) is 6.52. The molecule has 188 valence electrons. The first-order valence-electron chi connectivity index (χ1n) is 12.4. The van der Waals surface area contributed by atoms with Crippen molar-refractivity contribution in [2.45, 2.75) is 32.4 Å². The Morgan fingerprint density at radius 3 is 2.32 bits per heavy atom. The summed E-state index contributed by atoms with van der Waals surface area (Å²) < 4.78 is 3.76. The Bertz CT molecular complexity index is 1650. The van der Waals surface area contributed by atoms with E-state index in [1.54, 1.807) is 10.6 Å². The summed E-state index contributed by atoms with van der Waals surface area (Å²) in [6, 6.07) is 24.5. The minimum absolute atomic E-state index is 0.0346. The van der Waals surface area contributed by atoms with E-state index in [0.717, 1.165) is 44.4 Å². The van der Waals surface area contributed by atoms with E-state index in [1.165, 1.54) is 0 Å². The number of halogens is 1. The first kappa shape index (κ1) is 25.0. The van der Waals surface area contributed by atoms with Crippen LogP contribution in [0.2, 0.25) is 5.02 Å². The summed E-state index contributed by atoms with van der Waals surface area (Å²) in [7, 11) is 3.84. The highest BCUT2D eigenvalue weighted by Gasteiger charge is 2.39. The molecule has 0 radical (unpaired) electrons. The van der Waals surface area contributed by atoms with E-state index in [4.69, 9.17) is 11.6 Å². The smallest absolute Gasteiger partial charge is 0.251 e. The molecule has 1 atom stereocenters. The molecule has 5 rings (SSSR count). The minimum atomic E-state index is -0.712. The van der Waals surface area contributed by atoms with Crippen LogP contribution in [0.25, 0.3) is 22.0 Å². The highest BCUT2D eigenvalue weighted by molar-refractivity contribution is 6.30. The molecule has 0 aliphatic heterocycles. The van der Waals surface area contributed by atoms with E-state index < -0.39 is 5.54 Å². The number of hydrogen-bond donors (Lipinski definition) is 1. The third-order valence-corrected chi connectivity index (χ3v) is 7.24. The maximum absolute atomic E-state index is 13.0. The van der Waals surface area contributed by atoms with Gasteiger partial charge < -0.3 is 9.13 Å². The number of pyridine rings is 1. The van der Waals surface area contributed by atoms with Crippen LogP contribution in [0.5, 0.6) is 0 Å². The van der Waals surface area contributed by atoms with Crippen molar-refractivity contribution in [3.8, 4) is 11.1 Å². The maximum atomic E-state index is 13.0. The van der Waals surface area contributed by atoms with Crippen LogP contribution >= 0.6 is 11.6 Å². The van der Waals surface area contributed by atoms with Crippen molar-refractivity contribution in [3.63, 3.8) is 0 Å². The van der Waals surface area contributed by atoms with Gasteiger partial charge in [-0.3, -0.25) is 10.1 Å². The zero-order valence-corrected chi connectivity index (χ0v) is 22.5. The number of aryl methyl sites for hydroxylation is 3. The highest BCUT2D eigenvalue weighted by atomic mass is 35.5. The molecule has 37 heavy (non-hydrogen) atoms. The number of fused-ring (bicyclic) bond motifs is 1. The number of nitrogens with zero attached hydrogens (tertiary/aromatic N) is 3. The molecular formula is C31H31ClN4O. The van der Waals surface area contributed by atoms with E-state index in [1.807, 2.05) is 44.8 Å². The van der Waals surface area contributed by atoms with Gasteiger partial charge in [0.05, 0.1) is 23.7 Å². The third-order valence-electron chi connectivity index (χ3n) is 6.99. The molecule has 3 aromatic carbocycles. The fourth-order valence-electron chi connectivity index (χ4n) is 5.30. The number of imidazole rings is 1. The summed E-state index contributed by atoms with van der Waals surface area (Å²) in [4.78, 5) is 17.4. The fraction of sp³-hybridized carbons (Fsp3) is 0.226. The molecular weight excluding hydrogens is 480 g/mol. The van der Waals surface area contributed by atoms with E-state index in [0.29, 0.717) is 5.02 Å². The number of nitrogens with one attached hydrogen (secondary N) is 1.